The average molecular weight is 1120 g/mol. The van der Waals surface area contributed by atoms with Crippen molar-refractivity contribution in [2.45, 2.75) is 130 Å². The van der Waals surface area contributed by atoms with E-state index in [0.717, 1.165) is 38.7 Å². The lowest BCUT2D eigenvalue weighted by atomic mass is 9.85. The molecule has 1 aromatic heterocycles. The van der Waals surface area contributed by atoms with Crippen LogP contribution in [0, 0.1) is 18.3 Å². The normalized spacial score (nSPS) is 18.2. The second-order valence-electron chi connectivity index (χ2n) is 20.2. The Kier molecular flexibility index (Phi) is 20.0. The number of nitrogens with zero attached hydrogens (tertiary/aromatic N) is 3. The monoisotopic (exact) mass is 1120 g/mol. The lowest BCUT2D eigenvalue weighted by molar-refractivity contribution is -0.144. The van der Waals surface area contributed by atoms with Gasteiger partial charge in [0.05, 0.1) is 38.8 Å². The number of benzene rings is 3. The Bertz CT molecular complexity index is 2840. The van der Waals surface area contributed by atoms with Crippen LogP contribution >= 0.6 is 23.1 Å². The van der Waals surface area contributed by atoms with Crippen molar-refractivity contribution in [1.29, 1.82) is 0 Å². The number of aliphatic hydroxyl groups is 1. The number of aromatic nitrogens is 1. The number of thioether (sulfide) groups is 1. The number of aryl methyl sites for hydroxylation is 1. The van der Waals surface area contributed by atoms with Crippen molar-refractivity contribution in [3.05, 3.63) is 89.6 Å². The van der Waals surface area contributed by atoms with Gasteiger partial charge >= 0.3 is 5.51 Å². The summed E-state index contributed by atoms with van der Waals surface area (Å²) in [5.41, 5.74) is -2.25. The molecule has 410 valence electrons. The zero-order valence-electron chi connectivity index (χ0n) is 42.6. The molecule has 3 heterocycles. The zero-order valence-corrected chi connectivity index (χ0v) is 45.8. The van der Waals surface area contributed by atoms with E-state index in [-0.39, 0.29) is 43.2 Å². The Hall–Kier alpha value is -5.11. The number of hydrogen-bond donors (Lipinski definition) is 6. The van der Waals surface area contributed by atoms with Crippen LogP contribution in [-0.2, 0) is 39.0 Å². The number of anilines is 1. The number of rotatable bonds is 22. The molecule has 6 rings (SSSR count). The van der Waals surface area contributed by atoms with E-state index < -0.39 is 82.3 Å². The van der Waals surface area contributed by atoms with Crippen molar-refractivity contribution in [3.63, 3.8) is 0 Å². The number of unbranched alkanes of at least 4 members (excludes halogenated alkanes) is 1. The summed E-state index contributed by atoms with van der Waals surface area (Å²) in [5.74, 6) is -1.32. The third kappa shape index (κ3) is 16.0. The Balaban J connectivity index is 0.952. The number of amides is 4. The number of thiazole rings is 1. The predicted molar refractivity (Wildman–Crippen MR) is 283 cm³/mol. The highest BCUT2D eigenvalue weighted by Crippen LogP contribution is 2.37. The number of β-amino-alcohol motifs (C(OH)–C–C–N with tert-alkyl or cyclic N) is 1. The van der Waals surface area contributed by atoms with Gasteiger partial charge in [-0.1, -0.05) is 63.2 Å². The second-order valence-corrected chi connectivity index (χ2v) is 25.6. The van der Waals surface area contributed by atoms with Crippen LogP contribution in [-0.4, -0.2) is 129 Å². The standard InChI is InChI=1S/C51H67F3N8O9S4/c1-32(34-14-16-35(17-15-34)45-33(2)57-31-73-45)58-48(66)42-27-38(63)29-62(42)49(67)46(50(3,4)5)60-44(64)13-9-10-23-56-47(65)36-20-24-61(25-21-36)26-22-37(30-72-39-11-7-6-8-12-39)59-41-19-18-40(75(55,70)71)28-43(41)74(68,69)51(52,53)54/h6-8,11-12,14-19,28,31-32,36-38,42,46,59,63H,9-10,13,20-27,29-30H2,1-5H3,(H,56,65)(H,58,66)(H,60,64)(H2,55,70,71)/t32-,37+,38+,42-,46+/m0/s1. The summed E-state index contributed by atoms with van der Waals surface area (Å²) in [6.07, 6.45) is 1.56. The van der Waals surface area contributed by atoms with Gasteiger partial charge in [-0.3, -0.25) is 19.2 Å². The fourth-order valence-electron chi connectivity index (χ4n) is 9.05. The minimum atomic E-state index is -5.99. The number of carbonyl (C=O) groups excluding carboxylic acids is 4. The van der Waals surface area contributed by atoms with E-state index in [1.54, 1.807) is 16.8 Å². The lowest BCUT2D eigenvalue weighted by Gasteiger charge is -2.35. The molecule has 24 heteroatoms. The molecule has 0 spiro atoms. The van der Waals surface area contributed by atoms with Gasteiger partial charge in [0.15, 0.2) is 0 Å². The van der Waals surface area contributed by atoms with Crippen molar-refractivity contribution in [3.8, 4) is 10.4 Å². The molecule has 0 radical (unpaired) electrons. The maximum Gasteiger partial charge on any atom is 0.501 e. The molecule has 3 aromatic carbocycles. The molecule has 0 saturated carbocycles. The van der Waals surface area contributed by atoms with Gasteiger partial charge in [-0.15, -0.1) is 23.1 Å². The Morgan fingerprint density at radius 2 is 1.61 bits per heavy atom. The number of sulfonamides is 1. The van der Waals surface area contributed by atoms with Crippen molar-refractivity contribution in [2.75, 3.05) is 43.8 Å². The molecule has 2 fully saturated rings. The lowest BCUT2D eigenvalue weighted by Crippen LogP contribution is -2.57. The number of aliphatic hydroxyl groups excluding tert-OH is 1. The summed E-state index contributed by atoms with van der Waals surface area (Å²) in [5, 5.41) is 27.6. The number of primary sulfonamides is 1. The van der Waals surface area contributed by atoms with Crippen molar-refractivity contribution >= 4 is 72.3 Å². The number of sulfone groups is 1. The number of likely N-dealkylation sites (tertiary alicyclic amines) is 2. The number of hydrogen-bond acceptors (Lipinski definition) is 14. The number of alkyl halides is 3. The van der Waals surface area contributed by atoms with Gasteiger partial charge in [-0.05, 0) is 106 Å². The van der Waals surface area contributed by atoms with Crippen molar-refractivity contribution in [1.82, 2.24) is 30.7 Å². The molecule has 5 atom stereocenters. The molecule has 2 aliphatic heterocycles. The number of piperidine rings is 1. The Morgan fingerprint density at radius 1 is 0.933 bits per heavy atom. The molecule has 0 bridgehead atoms. The van der Waals surface area contributed by atoms with Crippen LogP contribution in [0.4, 0.5) is 18.9 Å². The van der Waals surface area contributed by atoms with E-state index in [1.807, 2.05) is 89.2 Å². The molecule has 0 aliphatic carbocycles. The Morgan fingerprint density at radius 3 is 2.23 bits per heavy atom. The Labute approximate surface area is 445 Å². The molecule has 75 heavy (non-hydrogen) atoms. The fourth-order valence-corrected chi connectivity index (χ4v) is 12.4. The van der Waals surface area contributed by atoms with E-state index in [4.69, 9.17) is 5.14 Å². The van der Waals surface area contributed by atoms with E-state index in [1.165, 1.54) is 16.7 Å². The first-order chi connectivity index (χ1) is 35.2. The molecular weight excluding hydrogens is 1050 g/mol. The topological polar surface area (TPSA) is 250 Å². The van der Waals surface area contributed by atoms with Crippen LogP contribution in [0.5, 0.6) is 0 Å². The predicted octanol–water partition coefficient (Wildman–Crippen LogP) is 6.39. The minimum absolute atomic E-state index is 0.0553. The highest BCUT2D eigenvalue weighted by molar-refractivity contribution is 7.99. The summed E-state index contributed by atoms with van der Waals surface area (Å²) >= 11 is 2.96. The summed E-state index contributed by atoms with van der Waals surface area (Å²) in [7, 11) is -10.5. The van der Waals surface area contributed by atoms with E-state index >= 15 is 0 Å². The van der Waals surface area contributed by atoms with Gasteiger partial charge in [0.1, 0.15) is 17.0 Å². The van der Waals surface area contributed by atoms with Crippen LogP contribution in [0.1, 0.15) is 89.9 Å². The molecule has 7 N–H and O–H groups in total. The molecule has 4 aromatic rings. The number of nitrogens with two attached hydrogens (primary N) is 1. The molecule has 17 nitrogen and oxygen atoms in total. The van der Waals surface area contributed by atoms with Gasteiger partial charge in [0, 0.05) is 55.1 Å². The van der Waals surface area contributed by atoms with Crippen molar-refractivity contribution < 1.29 is 54.3 Å². The van der Waals surface area contributed by atoms with Crippen LogP contribution in [0.25, 0.3) is 10.4 Å². The quantitative estimate of drug-likeness (QED) is 0.0369. The van der Waals surface area contributed by atoms with Gasteiger partial charge in [-0.25, -0.2) is 27.0 Å². The zero-order chi connectivity index (χ0) is 54.9. The highest BCUT2D eigenvalue weighted by atomic mass is 32.2. The first-order valence-corrected chi connectivity index (χ1v) is 29.6. The van der Waals surface area contributed by atoms with E-state index in [9.17, 15) is 54.3 Å². The minimum Gasteiger partial charge on any atom is -0.391 e. The van der Waals surface area contributed by atoms with Crippen molar-refractivity contribution in [2.24, 2.45) is 16.5 Å². The SMILES string of the molecule is Cc1ncsc1-c1ccc([C@H](C)NC(=O)[C@@H]2C[C@@H](O)CN2C(=O)[C@@H](NC(=O)CCCCNC(=O)C2CCN(CC[C@H](CSc3ccccc3)Nc3ccc(S(N)(=O)=O)cc3S(=O)(=O)C(F)(F)F)CC2)C(C)(C)C)cc1. The van der Waals surface area contributed by atoms with E-state index in [2.05, 4.69) is 31.2 Å². The fraction of sp³-hybridized carbons (Fsp3) is 0.510. The van der Waals surface area contributed by atoms with Crippen LogP contribution < -0.4 is 26.4 Å². The van der Waals surface area contributed by atoms with Gasteiger partial charge in [0.25, 0.3) is 9.84 Å². The van der Waals surface area contributed by atoms with E-state index in [0.29, 0.717) is 70.1 Å². The first-order valence-electron chi connectivity index (χ1n) is 24.7. The largest absolute Gasteiger partial charge is 0.501 e. The number of halogens is 3. The summed E-state index contributed by atoms with van der Waals surface area (Å²) in [6.45, 7) is 11.1. The van der Waals surface area contributed by atoms with Gasteiger partial charge < -0.3 is 36.2 Å². The van der Waals surface area contributed by atoms with Crippen LogP contribution in [0.3, 0.4) is 0 Å². The smallest absolute Gasteiger partial charge is 0.391 e. The van der Waals surface area contributed by atoms with Crippen LogP contribution in [0.2, 0.25) is 0 Å². The first kappa shape index (κ1) is 59.1. The second kappa shape index (κ2) is 25.4. The van der Waals surface area contributed by atoms with Gasteiger partial charge in [0.2, 0.25) is 33.7 Å². The summed E-state index contributed by atoms with van der Waals surface area (Å²) < 4.78 is 90.8. The maximum atomic E-state index is 14.1. The number of nitrogens with one attached hydrogen (secondary N) is 4. The maximum absolute atomic E-state index is 14.1. The number of carbonyl (C=O) groups is 4. The highest BCUT2D eigenvalue weighted by Gasteiger charge is 2.49. The molecule has 2 saturated heterocycles. The molecule has 4 amide bonds. The summed E-state index contributed by atoms with van der Waals surface area (Å²) in [4.78, 5) is 62.1. The third-order valence-electron chi connectivity index (χ3n) is 13.4. The average Bonchev–Trinajstić information content (AvgIpc) is 3.98. The van der Waals surface area contributed by atoms with Gasteiger partial charge in [-0.2, -0.15) is 13.2 Å². The molecular formula is C51H67F3N8O9S4. The molecule has 0 unspecified atom stereocenters. The van der Waals surface area contributed by atoms with Crippen LogP contribution in [0.15, 0.2) is 93.0 Å². The third-order valence-corrected chi connectivity index (χ3v) is 18.0. The summed E-state index contributed by atoms with van der Waals surface area (Å²) in [6, 6.07) is 16.5. The molecule has 2 aliphatic rings.